The van der Waals surface area contributed by atoms with Gasteiger partial charge in [0.1, 0.15) is 0 Å². The molecule has 1 aliphatic heterocycles. The van der Waals surface area contributed by atoms with Crippen LogP contribution in [0, 0.1) is 13.8 Å². The maximum absolute atomic E-state index is 14.9. The van der Waals surface area contributed by atoms with Crippen molar-refractivity contribution in [3.8, 4) is 0 Å². The fourth-order valence-corrected chi connectivity index (χ4v) is 5.34. The molecule has 0 saturated carbocycles. The molecule has 0 amide bonds. The minimum absolute atomic E-state index is 0.0155. The molecule has 0 atom stereocenters. The van der Waals surface area contributed by atoms with Gasteiger partial charge in [-0.25, -0.2) is 9.59 Å². The number of nitrogens with zero attached hydrogens (tertiary/aromatic N) is 5. The standard InChI is InChI=1S/C29H28BF2N5O4/c1-7-40-28(38)23-15(3)26(34-17(23)5)25(22-14-20(35-36-33)13-19-11-9-10-12-21(19)22)27-16(4)24(29(39)41-8-2)18(6)37(27)30(31)32/h9-14H,7-8H2,1-6H3/b26-25-. The first-order valence-corrected chi connectivity index (χ1v) is 13.0. The number of aliphatic imine (C=N–C) groups is 1. The third-order valence-corrected chi connectivity index (χ3v) is 6.97. The van der Waals surface area contributed by atoms with Crippen LogP contribution in [0.4, 0.5) is 14.3 Å². The van der Waals surface area contributed by atoms with Crippen LogP contribution in [0.25, 0.3) is 26.8 Å². The van der Waals surface area contributed by atoms with Gasteiger partial charge in [0.15, 0.2) is 0 Å². The van der Waals surface area contributed by atoms with E-state index in [1.807, 2.05) is 12.1 Å². The Kier molecular flexibility index (Phi) is 8.44. The topological polar surface area (TPSA) is 119 Å². The van der Waals surface area contributed by atoms with Gasteiger partial charge < -0.3 is 14.0 Å². The quantitative estimate of drug-likeness (QED) is 0.0949. The maximum Gasteiger partial charge on any atom is 0.677 e. The van der Waals surface area contributed by atoms with E-state index < -0.39 is 19.3 Å². The Labute approximate surface area is 236 Å². The zero-order chi connectivity index (χ0) is 30.0. The monoisotopic (exact) mass is 559 g/mol. The van der Waals surface area contributed by atoms with Crippen molar-refractivity contribution < 1.29 is 27.7 Å². The van der Waals surface area contributed by atoms with Crippen molar-refractivity contribution in [3.05, 3.63) is 91.8 Å². The molecule has 3 aromatic rings. The Balaban J connectivity index is 2.26. The molecule has 0 spiro atoms. The molecule has 9 nitrogen and oxygen atoms in total. The van der Waals surface area contributed by atoms with E-state index in [9.17, 15) is 23.8 Å². The third kappa shape index (κ3) is 5.14. The minimum Gasteiger partial charge on any atom is -0.462 e. The average Bonchev–Trinajstić information content (AvgIpc) is 3.36. The van der Waals surface area contributed by atoms with Crippen molar-refractivity contribution in [1.29, 1.82) is 0 Å². The maximum atomic E-state index is 14.9. The van der Waals surface area contributed by atoms with Gasteiger partial charge in [-0.15, -0.1) is 0 Å². The molecule has 2 aromatic carbocycles. The summed E-state index contributed by atoms with van der Waals surface area (Å²) < 4.78 is 41.0. The van der Waals surface area contributed by atoms with E-state index in [2.05, 4.69) is 10.0 Å². The first kappa shape index (κ1) is 29.3. The first-order valence-electron chi connectivity index (χ1n) is 13.0. The molecule has 2 heterocycles. The van der Waals surface area contributed by atoms with Crippen LogP contribution >= 0.6 is 0 Å². The normalized spacial score (nSPS) is 14.1. The summed E-state index contributed by atoms with van der Waals surface area (Å²) in [6.07, 6.45) is 0. The Morgan fingerprint density at radius 2 is 1.71 bits per heavy atom. The van der Waals surface area contributed by atoms with Gasteiger partial charge in [0.2, 0.25) is 0 Å². The summed E-state index contributed by atoms with van der Waals surface area (Å²) in [5, 5.41) is 5.13. The molecule has 0 aliphatic carbocycles. The van der Waals surface area contributed by atoms with E-state index in [0.717, 1.165) is 4.48 Å². The van der Waals surface area contributed by atoms with Crippen molar-refractivity contribution in [1.82, 2.24) is 4.48 Å². The summed E-state index contributed by atoms with van der Waals surface area (Å²) in [5.41, 5.74) is 11.7. The van der Waals surface area contributed by atoms with Crippen molar-refractivity contribution in [2.45, 2.75) is 41.5 Å². The predicted molar refractivity (Wildman–Crippen MR) is 154 cm³/mol. The zero-order valence-electron chi connectivity index (χ0n) is 23.6. The average molecular weight is 559 g/mol. The summed E-state index contributed by atoms with van der Waals surface area (Å²) >= 11 is 0. The molecule has 1 aromatic heterocycles. The van der Waals surface area contributed by atoms with Gasteiger partial charge in [-0.3, -0.25) is 13.6 Å². The van der Waals surface area contributed by atoms with Gasteiger partial charge in [-0.2, -0.15) is 0 Å². The zero-order valence-corrected chi connectivity index (χ0v) is 23.6. The second-order valence-electron chi connectivity index (χ2n) is 9.35. The van der Waals surface area contributed by atoms with Gasteiger partial charge >= 0.3 is 19.3 Å². The van der Waals surface area contributed by atoms with Gasteiger partial charge in [-0.05, 0) is 86.7 Å². The summed E-state index contributed by atoms with van der Waals surface area (Å²) in [6, 6.07) is 10.5. The highest BCUT2D eigenvalue weighted by Gasteiger charge is 2.36. The molecule has 41 heavy (non-hydrogen) atoms. The molecule has 1 aliphatic rings. The number of halogens is 2. The molecule has 0 unspecified atom stereocenters. The van der Waals surface area contributed by atoms with Crippen LogP contribution in [0.15, 0.2) is 63.3 Å². The Morgan fingerprint density at radius 3 is 2.34 bits per heavy atom. The fraction of sp³-hybridized carbons (Fsp3) is 0.276. The van der Waals surface area contributed by atoms with Crippen molar-refractivity contribution >= 4 is 47.1 Å². The summed E-state index contributed by atoms with van der Waals surface area (Å²) in [6.45, 7) is 9.84. The molecule has 0 N–H and O–H groups in total. The van der Waals surface area contributed by atoms with E-state index in [4.69, 9.17) is 14.5 Å². The highest BCUT2D eigenvalue weighted by molar-refractivity contribution is 6.42. The second kappa shape index (κ2) is 11.8. The first-order chi connectivity index (χ1) is 19.6. The van der Waals surface area contributed by atoms with E-state index in [1.165, 1.54) is 6.92 Å². The lowest BCUT2D eigenvalue weighted by atomic mass is 9.89. The molecular weight excluding hydrogens is 531 g/mol. The number of rotatable bonds is 8. The predicted octanol–water partition coefficient (Wildman–Crippen LogP) is 7.26. The highest BCUT2D eigenvalue weighted by Crippen LogP contribution is 2.43. The number of carbonyl (C=O) groups excluding carboxylic acids is 2. The Bertz CT molecular complexity index is 1730. The van der Waals surface area contributed by atoms with Gasteiger partial charge in [-0.1, -0.05) is 29.4 Å². The lowest BCUT2D eigenvalue weighted by Gasteiger charge is -2.19. The van der Waals surface area contributed by atoms with Crippen LogP contribution < -0.4 is 0 Å². The van der Waals surface area contributed by atoms with Crippen LogP contribution in [0.3, 0.4) is 0 Å². The van der Waals surface area contributed by atoms with Crippen LogP contribution in [0.1, 0.15) is 60.6 Å². The summed E-state index contributed by atoms with van der Waals surface area (Å²) in [4.78, 5) is 33.5. The van der Waals surface area contributed by atoms with Gasteiger partial charge in [0.25, 0.3) is 0 Å². The van der Waals surface area contributed by atoms with Crippen molar-refractivity contribution in [2.75, 3.05) is 13.2 Å². The number of ether oxygens (including phenoxy) is 2. The molecule has 0 radical (unpaired) electrons. The number of fused-ring (bicyclic) bond motifs is 1. The smallest absolute Gasteiger partial charge is 0.462 e. The van der Waals surface area contributed by atoms with Crippen molar-refractivity contribution in [2.24, 2.45) is 10.1 Å². The van der Waals surface area contributed by atoms with E-state index in [1.54, 1.807) is 58.9 Å². The number of carbonyl (C=O) groups is 2. The van der Waals surface area contributed by atoms with Crippen LogP contribution in [-0.2, 0) is 14.3 Å². The van der Waals surface area contributed by atoms with E-state index in [0.29, 0.717) is 27.6 Å². The van der Waals surface area contributed by atoms with Crippen molar-refractivity contribution in [3.63, 3.8) is 0 Å². The number of hydrogen-bond donors (Lipinski definition) is 0. The molecule has 12 heteroatoms. The highest BCUT2D eigenvalue weighted by atomic mass is 19.2. The molecule has 0 bridgehead atoms. The second-order valence-corrected chi connectivity index (χ2v) is 9.35. The number of aromatic nitrogens is 1. The minimum atomic E-state index is -3.03. The SMILES string of the molecule is CCOC(=O)C1=C(C)/C(=C(\c2cc(N=[N+]=[N-])cc3ccccc23)c2c(C)c(C(=O)OCC)c(C)n2B(F)F)N=C1C. The van der Waals surface area contributed by atoms with E-state index >= 15 is 0 Å². The largest absolute Gasteiger partial charge is 0.677 e. The molecule has 4 rings (SSSR count). The fourth-order valence-electron chi connectivity index (χ4n) is 5.34. The van der Waals surface area contributed by atoms with E-state index in [-0.39, 0.29) is 58.3 Å². The van der Waals surface area contributed by atoms with Gasteiger partial charge in [0, 0.05) is 27.6 Å². The Morgan fingerprint density at radius 1 is 1.05 bits per heavy atom. The lowest BCUT2D eigenvalue weighted by molar-refractivity contribution is -0.137. The van der Waals surface area contributed by atoms with Crippen LogP contribution in [-0.4, -0.2) is 42.7 Å². The summed E-state index contributed by atoms with van der Waals surface area (Å²) in [5.74, 6) is -1.32. The number of azide groups is 1. The molecule has 0 saturated heterocycles. The molecule has 210 valence electrons. The Hall–Kier alpha value is -4.70. The number of esters is 2. The number of benzene rings is 2. The van der Waals surface area contributed by atoms with Crippen LogP contribution in [0.5, 0.6) is 0 Å². The number of allylic oxidation sites excluding steroid dienone is 1. The van der Waals surface area contributed by atoms with Crippen LogP contribution in [0.2, 0.25) is 0 Å². The molecule has 0 fully saturated rings. The molecular formula is C29H28BF2N5O4. The lowest BCUT2D eigenvalue weighted by Crippen LogP contribution is -2.19. The number of hydrogen-bond acceptors (Lipinski definition) is 6. The third-order valence-electron chi connectivity index (χ3n) is 6.97. The van der Waals surface area contributed by atoms with Gasteiger partial charge in [0.05, 0.1) is 35.8 Å². The summed E-state index contributed by atoms with van der Waals surface area (Å²) in [7, 11) is -3.03.